The number of aromatic nitrogens is 1. The summed E-state index contributed by atoms with van der Waals surface area (Å²) >= 11 is 0. The first kappa shape index (κ1) is 23.5. The Morgan fingerprint density at radius 3 is 2.53 bits per heavy atom. The van der Waals surface area contributed by atoms with Gasteiger partial charge in [0.25, 0.3) is 5.91 Å². The fraction of sp³-hybridized carbons (Fsp3) is 0.381. The van der Waals surface area contributed by atoms with Crippen LogP contribution in [0.3, 0.4) is 0 Å². The predicted octanol–water partition coefficient (Wildman–Crippen LogP) is 3.02. The maximum atomic E-state index is 13.1. The molecule has 32 heavy (non-hydrogen) atoms. The quantitative estimate of drug-likeness (QED) is 0.712. The molecule has 0 unspecified atom stereocenters. The molecule has 0 aliphatic carbocycles. The second-order valence-corrected chi connectivity index (χ2v) is 7.55. The van der Waals surface area contributed by atoms with Crippen LogP contribution in [0.2, 0.25) is 0 Å². The molecule has 2 atom stereocenters. The summed E-state index contributed by atoms with van der Waals surface area (Å²) in [5, 5.41) is 7.12. The highest BCUT2D eigenvalue weighted by atomic mass is 19.4. The normalized spacial score (nSPS) is 22.0. The lowest BCUT2D eigenvalue weighted by molar-refractivity contribution is -0.192. The molecule has 2 aliphatic rings. The number of hydrogen-bond acceptors (Lipinski definition) is 5. The Kier molecular flexibility index (Phi) is 6.97. The number of hydrogen-bond donors (Lipinski definition) is 1. The van der Waals surface area contributed by atoms with Gasteiger partial charge in [-0.2, -0.15) is 13.2 Å². The summed E-state index contributed by atoms with van der Waals surface area (Å²) in [5.41, 5.74) is 0.302. The SMILES string of the molecule is O=C(O)C(F)(F)F.O=C(c1ccc(F)cc1)N1C[C@@H]2COC[C@]2(COc2cccnc2)C1. The summed E-state index contributed by atoms with van der Waals surface area (Å²) in [6, 6.07) is 9.38. The zero-order valence-electron chi connectivity index (χ0n) is 16.7. The van der Waals surface area contributed by atoms with Crippen LogP contribution in [-0.2, 0) is 9.53 Å². The van der Waals surface area contributed by atoms with Gasteiger partial charge in [-0.25, -0.2) is 9.18 Å². The number of likely N-dealkylation sites (tertiary alicyclic amines) is 1. The third-order valence-corrected chi connectivity index (χ3v) is 5.30. The molecule has 4 rings (SSSR count). The predicted molar refractivity (Wildman–Crippen MR) is 102 cm³/mol. The molecule has 2 saturated heterocycles. The Bertz CT molecular complexity index is 939. The number of rotatable bonds is 4. The van der Waals surface area contributed by atoms with E-state index in [9.17, 15) is 22.4 Å². The molecule has 0 radical (unpaired) electrons. The minimum Gasteiger partial charge on any atom is -0.491 e. The zero-order valence-corrected chi connectivity index (χ0v) is 16.7. The van der Waals surface area contributed by atoms with Gasteiger partial charge in [0.15, 0.2) is 0 Å². The number of carbonyl (C=O) groups excluding carboxylic acids is 1. The smallest absolute Gasteiger partial charge is 0.490 e. The lowest BCUT2D eigenvalue weighted by Gasteiger charge is -2.27. The number of fused-ring (bicyclic) bond motifs is 1. The van der Waals surface area contributed by atoms with Gasteiger partial charge in [0.2, 0.25) is 0 Å². The molecule has 1 aromatic heterocycles. The average molecular weight is 456 g/mol. The van der Waals surface area contributed by atoms with Gasteiger partial charge in [-0.1, -0.05) is 0 Å². The molecule has 11 heteroatoms. The fourth-order valence-corrected chi connectivity index (χ4v) is 3.63. The lowest BCUT2D eigenvalue weighted by atomic mass is 9.82. The summed E-state index contributed by atoms with van der Waals surface area (Å²) in [6.45, 7) is 2.89. The number of pyridine rings is 1. The van der Waals surface area contributed by atoms with Gasteiger partial charge in [-0.15, -0.1) is 0 Å². The van der Waals surface area contributed by atoms with Crippen molar-refractivity contribution in [3.05, 3.63) is 60.2 Å². The van der Waals surface area contributed by atoms with Crippen molar-refractivity contribution in [1.29, 1.82) is 0 Å². The van der Waals surface area contributed by atoms with Crippen molar-refractivity contribution in [2.75, 3.05) is 32.9 Å². The van der Waals surface area contributed by atoms with E-state index in [1.54, 1.807) is 12.4 Å². The molecule has 1 N–H and O–H groups in total. The van der Waals surface area contributed by atoms with E-state index in [2.05, 4.69) is 4.98 Å². The number of halogens is 4. The summed E-state index contributed by atoms with van der Waals surface area (Å²) in [6.07, 6.45) is -1.71. The summed E-state index contributed by atoms with van der Waals surface area (Å²) in [5.74, 6) is -2.22. The van der Waals surface area contributed by atoms with Gasteiger partial charge in [0, 0.05) is 30.8 Å². The highest BCUT2D eigenvalue weighted by molar-refractivity contribution is 5.94. The Morgan fingerprint density at radius 2 is 1.94 bits per heavy atom. The molecule has 3 heterocycles. The van der Waals surface area contributed by atoms with E-state index >= 15 is 0 Å². The van der Waals surface area contributed by atoms with Crippen LogP contribution in [0.25, 0.3) is 0 Å². The van der Waals surface area contributed by atoms with Crippen molar-refractivity contribution >= 4 is 11.9 Å². The van der Waals surface area contributed by atoms with E-state index < -0.39 is 12.1 Å². The van der Waals surface area contributed by atoms with Crippen molar-refractivity contribution in [2.45, 2.75) is 6.18 Å². The Hall–Kier alpha value is -3.21. The minimum atomic E-state index is -5.08. The van der Waals surface area contributed by atoms with Gasteiger partial charge in [-0.3, -0.25) is 9.78 Å². The topological polar surface area (TPSA) is 89.0 Å². The third-order valence-electron chi connectivity index (χ3n) is 5.30. The van der Waals surface area contributed by atoms with Gasteiger partial charge in [-0.05, 0) is 36.4 Å². The number of ether oxygens (including phenoxy) is 2. The Labute approximate surface area is 180 Å². The molecular formula is C21H20F4N2O5. The van der Waals surface area contributed by atoms with E-state index in [1.165, 1.54) is 24.3 Å². The van der Waals surface area contributed by atoms with Crippen molar-refractivity contribution in [1.82, 2.24) is 9.88 Å². The van der Waals surface area contributed by atoms with Crippen molar-refractivity contribution in [2.24, 2.45) is 11.3 Å². The Morgan fingerprint density at radius 1 is 1.25 bits per heavy atom. The molecule has 0 saturated carbocycles. The number of carboxylic acid groups (broad SMARTS) is 1. The summed E-state index contributed by atoms with van der Waals surface area (Å²) in [4.78, 5) is 27.5. The van der Waals surface area contributed by atoms with Crippen LogP contribution in [0.5, 0.6) is 5.75 Å². The maximum absolute atomic E-state index is 13.1. The molecule has 0 spiro atoms. The molecule has 2 aliphatic heterocycles. The number of benzene rings is 1. The van der Waals surface area contributed by atoms with Crippen LogP contribution >= 0.6 is 0 Å². The van der Waals surface area contributed by atoms with Gasteiger partial charge < -0.3 is 19.5 Å². The zero-order chi connectivity index (χ0) is 23.4. The molecule has 2 fully saturated rings. The number of amides is 1. The van der Waals surface area contributed by atoms with Crippen LogP contribution in [-0.4, -0.2) is 66.0 Å². The molecular weight excluding hydrogens is 436 g/mol. The van der Waals surface area contributed by atoms with Crippen LogP contribution in [0.4, 0.5) is 17.6 Å². The van der Waals surface area contributed by atoms with E-state index in [1.807, 2.05) is 17.0 Å². The molecule has 1 aromatic carbocycles. The summed E-state index contributed by atoms with van der Waals surface area (Å²) < 4.78 is 56.4. The number of nitrogens with zero attached hydrogens (tertiary/aromatic N) is 2. The molecule has 172 valence electrons. The van der Waals surface area contributed by atoms with E-state index in [-0.39, 0.29) is 23.1 Å². The first-order valence-electron chi connectivity index (χ1n) is 9.56. The van der Waals surface area contributed by atoms with Crippen molar-refractivity contribution < 1.29 is 41.7 Å². The molecule has 2 aromatic rings. The highest BCUT2D eigenvalue weighted by Crippen LogP contribution is 2.42. The molecule has 0 bridgehead atoms. The highest BCUT2D eigenvalue weighted by Gasteiger charge is 2.52. The monoisotopic (exact) mass is 456 g/mol. The van der Waals surface area contributed by atoms with Crippen molar-refractivity contribution in [3.8, 4) is 5.75 Å². The van der Waals surface area contributed by atoms with E-state index in [0.717, 1.165) is 0 Å². The number of alkyl halides is 3. The van der Waals surface area contributed by atoms with E-state index in [0.29, 0.717) is 44.2 Å². The van der Waals surface area contributed by atoms with Gasteiger partial charge >= 0.3 is 12.1 Å². The average Bonchev–Trinajstić information content (AvgIpc) is 3.30. The number of aliphatic carboxylic acids is 1. The van der Waals surface area contributed by atoms with Crippen LogP contribution < -0.4 is 4.74 Å². The first-order valence-corrected chi connectivity index (χ1v) is 9.56. The van der Waals surface area contributed by atoms with Crippen LogP contribution in [0.15, 0.2) is 48.8 Å². The van der Waals surface area contributed by atoms with Gasteiger partial charge in [0.05, 0.1) is 31.4 Å². The number of carboxylic acids is 1. The van der Waals surface area contributed by atoms with E-state index in [4.69, 9.17) is 19.4 Å². The van der Waals surface area contributed by atoms with Crippen LogP contribution in [0, 0.1) is 17.2 Å². The largest absolute Gasteiger partial charge is 0.491 e. The second-order valence-electron chi connectivity index (χ2n) is 7.55. The lowest BCUT2D eigenvalue weighted by Crippen LogP contribution is -2.38. The molecule has 1 amide bonds. The Balaban J connectivity index is 0.000000360. The fourth-order valence-electron chi connectivity index (χ4n) is 3.63. The van der Waals surface area contributed by atoms with Gasteiger partial charge in [0.1, 0.15) is 11.6 Å². The molecule has 7 nitrogen and oxygen atoms in total. The third kappa shape index (κ3) is 5.52. The second kappa shape index (κ2) is 9.51. The number of carbonyl (C=O) groups is 2. The maximum Gasteiger partial charge on any atom is 0.490 e. The summed E-state index contributed by atoms with van der Waals surface area (Å²) in [7, 11) is 0. The minimum absolute atomic E-state index is 0.0739. The first-order chi connectivity index (χ1) is 15.1. The van der Waals surface area contributed by atoms with Crippen LogP contribution in [0.1, 0.15) is 10.4 Å². The standard InChI is InChI=1S/C19H19FN2O3.C2HF3O2/c20-16-5-3-14(4-6-16)18(23)22-9-15-10-24-12-19(15,11-22)13-25-17-2-1-7-21-8-17;3-2(4,5)1(6)7/h1-8,15H,9-13H2;(H,6,7)/t15-,19+;/m1./s1. The van der Waals surface area contributed by atoms with Crippen molar-refractivity contribution in [3.63, 3.8) is 0 Å².